The van der Waals surface area contributed by atoms with Gasteiger partial charge in [-0.1, -0.05) is 180 Å². The summed E-state index contributed by atoms with van der Waals surface area (Å²) in [5.41, 5.74) is 0. The maximum absolute atomic E-state index is 12.2. The van der Waals surface area contributed by atoms with Gasteiger partial charge in [-0.2, -0.15) is 0 Å². The van der Waals surface area contributed by atoms with Crippen LogP contribution in [-0.4, -0.2) is 23.2 Å². The fraction of sp³-hybridized carbons (Fsp3) is 0.917. The highest BCUT2D eigenvalue weighted by molar-refractivity contribution is 5.76. The number of aliphatic hydroxyl groups is 1. The van der Waals surface area contributed by atoms with E-state index in [1.165, 1.54) is 154 Å². The average molecular weight is 550 g/mol. The van der Waals surface area contributed by atoms with Crippen LogP contribution in [0, 0.1) is 0 Å². The van der Waals surface area contributed by atoms with Crippen LogP contribution in [0.5, 0.6) is 0 Å². The maximum Gasteiger partial charge on any atom is 0.220 e. The van der Waals surface area contributed by atoms with Crippen LogP contribution in [0.2, 0.25) is 0 Å². The zero-order chi connectivity index (χ0) is 28.7. The molecule has 1 amide bonds. The molecule has 0 aromatic carbocycles. The van der Waals surface area contributed by atoms with Gasteiger partial charge in [-0.15, -0.1) is 0 Å². The Kier molecular flexibility index (Phi) is 31.0. The normalized spacial score (nSPS) is 13.2. The number of unbranched alkanes of at least 4 members (excludes halogenated alkanes) is 25. The summed E-state index contributed by atoms with van der Waals surface area (Å²) in [4.78, 5) is 12.2. The van der Waals surface area contributed by atoms with Crippen LogP contribution < -0.4 is 5.32 Å². The summed E-state index contributed by atoms with van der Waals surface area (Å²) in [6, 6.07) is -0.220. The topological polar surface area (TPSA) is 49.3 Å². The molecule has 2 N–H and O–H groups in total. The summed E-state index contributed by atoms with van der Waals surface area (Å²) >= 11 is 0. The van der Waals surface area contributed by atoms with Gasteiger partial charge in [0.25, 0.3) is 0 Å². The van der Waals surface area contributed by atoms with Gasteiger partial charge in [0.15, 0.2) is 0 Å². The number of rotatable bonds is 31. The van der Waals surface area contributed by atoms with E-state index in [1.54, 1.807) is 0 Å². The fourth-order valence-corrected chi connectivity index (χ4v) is 5.40. The number of carbonyl (C=O) groups is 1. The van der Waals surface area contributed by atoms with Gasteiger partial charge in [-0.3, -0.25) is 4.79 Å². The number of carbonyl (C=O) groups excluding carboxylic acids is 1. The summed E-state index contributed by atoms with van der Waals surface area (Å²) in [6.45, 7) is 6.46. The van der Waals surface area contributed by atoms with Crippen LogP contribution in [0.1, 0.15) is 201 Å². The summed E-state index contributed by atoms with van der Waals surface area (Å²) < 4.78 is 0. The van der Waals surface area contributed by atoms with E-state index in [-0.39, 0.29) is 11.9 Å². The molecule has 232 valence electrons. The number of nitrogens with one attached hydrogen (secondary N) is 1. The Balaban J connectivity index is 3.48. The molecule has 0 aromatic heterocycles. The van der Waals surface area contributed by atoms with E-state index in [9.17, 15) is 9.90 Å². The first-order chi connectivity index (χ1) is 19.1. The second-order valence-corrected chi connectivity index (χ2v) is 12.3. The van der Waals surface area contributed by atoms with Crippen molar-refractivity contribution in [3.05, 3.63) is 12.2 Å². The van der Waals surface area contributed by atoms with E-state index < -0.39 is 6.10 Å². The SMILES string of the molecule is CCCCCCCCCCCCC/C=C/[C@@H](O)[C@H](C)NC(=O)CCCCCCCCCCCCCCCCC. The van der Waals surface area contributed by atoms with E-state index in [4.69, 9.17) is 0 Å². The van der Waals surface area contributed by atoms with Gasteiger partial charge in [0, 0.05) is 6.42 Å². The molecule has 0 saturated heterocycles. The Hall–Kier alpha value is -0.830. The molecule has 0 rings (SSSR count). The Bertz CT molecular complexity index is 518. The highest BCUT2D eigenvalue weighted by Crippen LogP contribution is 2.14. The molecule has 0 fully saturated rings. The smallest absolute Gasteiger partial charge is 0.220 e. The first-order valence-corrected chi connectivity index (χ1v) is 17.8. The number of hydrogen-bond acceptors (Lipinski definition) is 2. The van der Waals surface area contributed by atoms with Crippen molar-refractivity contribution in [2.24, 2.45) is 0 Å². The van der Waals surface area contributed by atoms with Crippen LogP contribution in [0.15, 0.2) is 12.2 Å². The molecular weight excluding hydrogens is 478 g/mol. The lowest BCUT2D eigenvalue weighted by molar-refractivity contribution is -0.122. The van der Waals surface area contributed by atoms with Gasteiger partial charge in [-0.05, 0) is 26.2 Å². The second-order valence-electron chi connectivity index (χ2n) is 12.3. The van der Waals surface area contributed by atoms with E-state index in [0.29, 0.717) is 6.42 Å². The van der Waals surface area contributed by atoms with Crippen molar-refractivity contribution < 1.29 is 9.90 Å². The molecule has 0 heterocycles. The quantitative estimate of drug-likeness (QED) is 0.0667. The van der Waals surface area contributed by atoms with Crippen molar-refractivity contribution in [1.29, 1.82) is 0 Å². The van der Waals surface area contributed by atoms with Crippen LogP contribution in [-0.2, 0) is 4.79 Å². The maximum atomic E-state index is 12.2. The standard InChI is InChI=1S/C36H71NO2/c1-4-6-8-10-12-14-16-18-19-21-23-25-27-29-31-33-36(39)37-34(3)35(38)32-30-28-26-24-22-20-17-15-13-11-9-7-5-2/h30,32,34-35,38H,4-29,31,33H2,1-3H3,(H,37,39)/b32-30+/t34-,35+/m0/s1. The molecule has 0 aromatic rings. The van der Waals surface area contributed by atoms with Gasteiger partial charge in [0.05, 0.1) is 12.1 Å². The Morgan fingerprint density at radius 3 is 1.28 bits per heavy atom. The monoisotopic (exact) mass is 550 g/mol. The molecule has 0 aliphatic heterocycles. The van der Waals surface area contributed by atoms with Crippen molar-refractivity contribution in [1.82, 2.24) is 5.32 Å². The number of aliphatic hydroxyl groups excluding tert-OH is 1. The molecule has 2 atom stereocenters. The molecule has 0 spiro atoms. The fourth-order valence-electron chi connectivity index (χ4n) is 5.40. The lowest BCUT2D eigenvalue weighted by Crippen LogP contribution is -2.40. The van der Waals surface area contributed by atoms with Crippen molar-refractivity contribution in [2.45, 2.75) is 213 Å². The van der Waals surface area contributed by atoms with E-state index >= 15 is 0 Å². The summed E-state index contributed by atoms with van der Waals surface area (Å²) in [7, 11) is 0. The third-order valence-corrected chi connectivity index (χ3v) is 8.22. The molecule has 0 bridgehead atoms. The lowest BCUT2D eigenvalue weighted by atomic mass is 10.0. The predicted octanol–water partition coefficient (Wildman–Crippen LogP) is 11.4. The zero-order valence-electron chi connectivity index (χ0n) is 27.0. The van der Waals surface area contributed by atoms with Gasteiger partial charge in [0.1, 0.15) is 0 Å². The van der Waals surface area contributed by atoms with E-state index in [2.05, 4.69) is 25.2 Å². The summed E-state index contributed by atoms with van der Waals surface area (Å²) in [6.07, 6.45) is 39.9. The molecule has 0 saturated carbocycles. The Morgan fingerprint density at radius 2 is 0.897 bits per heavy atom. The van der Waals surface area contributed by atoms with Crippen molar-refractivity contribution >= 4 is 5.91 Å². The zero-order valence-corrected chi connectivity index (χ0v) is 27.0. The number of hydrogen-bond donors (Lipinski definition) is 2. The Labute approximate surface area is 245 Å². The highest BCUT2D eigenvalue weighted by atomic mass is 16.3. The Morgan fingerprint density at radius 1 is 0.564 bits per heavy atom. The molecule has 3 nitrogen and oxygen atoms in total. The van der Waals surface area contributed by atoms with Crippen molar-refractivity contribution in [3.8, 4) is 0 Å². The first-order valence-electron chi connectivity index (χ1n) is 17.8. The molecule has 39 heavy (non-hydrogen) atoms. The molecule has 0 unspecified atom stereocenters. The van der Waals surface area contributed by atoms with Crippen molar-refractivity contribution in [2.75, 3.05) is 0 Å². The van der Waals surface area contributed by atoms with Gasteiger partial charge in [-0.25, -0.2) is 0 Å². The van der Waals surface area contributed by atoms with Crippen molar-refractivity contribution in [3.63, 3.8) is 0 Å². The van der Waals surface area contributed by atoms with Crippen LogP contribution in [0.25, 0.3) is 0 Å². The van der Waals surface area contributed by atoms with Crippen LogP contribution >= 0.6 is 0 Å². The van der Waals surface area contributed by atoms with Gasteiger partial charge >= 0.3 is 0 Å². The van der Waals surface area contributed by atoms with E-state index in [1.807, 2.05) is 13.0 Å². The third-order valence-electron chi connectivity index (χ3n) is 8.22. The first kappa shape index (κ1) is 38.2. The molecule has 3 heteroatoms. The molecular formula is C36H71NO2. The highest BCUT2D eigenvalue weighted by Gasteiger charge is 2.13. The number of allylic oxidation sites excluding steroid dienone is 1. The van der Waals surface area contributed by atoms with Gasteiger partial charge < -0.3 is 10.4 Å². The van der Waals surface area contributed by atoms with Gasteiger partial charge in [0.2, 0.25) is 5.91 Å². The average Bonchev–Trinajstić information content (AvgIpc) is 2.93. The third kappa shape index (κ3) is 30.0. The molecule has 0 aliphatic carbocycles. The molecule has 0 radical (unpaired) electrons. The lowest BCUT2D eigenvalue weighted by Gasteiger charge is -2.17. The predicted molar refractivity (Wildman–Crippen MR) is 173 cm³/mol. The largest absolute Gasteiger partial charge is 0.387 e. The minimum Gasteiger partial charge on any atom is -0.387 e. The second kappa shape index (κ2) is 31.7. The minimum atomic E-state index is -0.595. The summed E-state index contributed by atoms with van der Waals surface area (Å²) in [5.74, 6) is 0.0787. The minimum absolute atomic E-state index is 0.0787. The van der Waals surface area contributed by atoms with E-state index in [0.717, 1.165) is 19.3 Å². The van der Waals surface area contributed by atoms with Crippen LogP contribution in [0.3, 0.4) is 0 Å². The number of amides is 1. The molecule has 0 aliphatic rings. The summed E-state index contributed by atoms with van der Waals surface area (Å²) in [5, 5.41) is 13.3. The van der Waals surface area contributed by atoms with Crippen LogP contribution in [0.4, 0.5) is 0 Å².